The Morgan fingerprint density at radius 2 is 2.07 bits per heavy atom. The summed E-state index contributed by atoms with van der Waals surface area (Å²) >= 11 is 0. The number of hydrogen-bond acceptors (Lipinski definition) is 5. The number of aliphatic hydroxyl groups is 1. The van der Waals surface area contributed by atoms with Crippen LogP contribution in [0.2, 0.25) is 0 Å². The Labute approximate surface area is 171 Å². The number of nitrogens with zero attached hydrogens (tertiary/aromatic N) is 2. The quantitative estimate of drug-likeness (QED) is 0.711. The van der Waals surface area contributed by atoms with Gasteiger partial charge in [0.2, 0.25) is 11.0 Å². The van der Waals surface area contributed by atoms with Crippen molar-refractivity contribution < 1.29 is 22.9 Å². The number of hydrogen-bond donors (Lipinski definition) is 2. The van der Waals surface area contributed by atoms with Crippen LogP contribution in [0.4, 0.5) is 4.39 Å². The molecule has 1 heterocycles. The molecule has 3 N–H and O–H groups in total. The van der Waals surface area contributed by atoms with Gasteiger partial charge in [0.25, 0.3) is 5.91 Å². The highest BCUT2D eigenvalue weighted by Gasteiger charge is 2.30. The van der Waals surface area contributed by atoms with Crippen molar-refractivity contribution in [2.24, 2.45) is 27.3 Å². The van der Waals surface area contributed by atoms with Gasteiger partial charge in [-0.05, 0) is 43.3 Å². The molecule has 162 valence electrons. The summed E-state index contributed by atoms with van der Waals surface area (Å²) in [4.78, 5) is 16.5. The number of carbonyl (C=O) groups excluding carboxylic acids is 1. The minimum absolute atomic E-state index is 0.0240. The van der Waals surface area contributed by atoms with Crippen LogP contribution in [0.3, 0.4) is 0 Å². The number of halogens is 1. The maximum absolute atomic E-state index is 14.1. The number of carbonyl (C=O) groups is 1. The van der Waals surface area contributed by atoms with Crippen molar-refractivity contribution in [3.05, 3.63) is 35.1 Å². The van der Waals surface area contributed by atoms with Crippen molar-refractivity contribution in [3.8, 4) is 0 Å². The monoisotopic (exact) mass is 427 g/mol. The van der Waals surface area contributed by atoms with Crippen molar-refractivity contribution in [3.63, 3.8) is 0 Å². The molecule has 29 heavy (non-hydrogen) atoms. The fourth-order valence-corrected chi connectivity index (χ4v) is 4.20. The Morgan fingerprint density at radius 3 is 2.55 bits per heavy atom. The normalized spacial score (nSPS) is 20.1. The van der Waals surface area contributed by atoms with Crippen LogP contribution >= 0.6 is 0 Å². The predicted molar refractivity (Wildman–Crippen MR) is 108 cm³/mol. The van der Waals surface area contributed by atoms with E-state index in [-0.39, 0.29) is 47.4 Å². The zero-order valence-corrected chi connectivity index (χ0v) is 18.5. The molecule has 7 nitrogen and oxygen atoms in total. The minimum atomic E-state index is -3.66. The van der Waals surface area contributed by atoms with E-state index in [0.29, 0.717) is 0 Å². The van der Waals surface area contributed by atoms with Crippen LogP contribution in [0.5, 0.6) is 0 Å². The first-order valence-corrected chi connectivity index (χ1v) is 11.2. The van der Waals surface area contributed by atoms with Gasteiger partial charge in [-0.1, -0.05) is 33.3 Å². The molecule has 1 amide bonds. The highest BCUT2D eigenvalue weighted by Crippen LogP contribution is 2.39. The van der Waals surface area contributed by atoms with Crippen LogP contribution in [0.25, 0.3) is 0 Å². The van der Waals surface area contributed by atoms with Gasteiger partial charge in [-0.25, -0.2) is 18.7 Å². The molecule has 1 aromatic rings. The zero-order chi connectivity index (χ0) is 22.1. The molecule has 2 atom stereocenters. The summed E-state index contributed by atoms with van der Waals surface area (Å²) < 4.78 is 35.8. The molecule has 0 radical (unpaired) electrons. The van der Waals surface area contributed by atoms with Crippen LogP contribution in [-0.2, 0) is 20.3 Å². The SMILES string of the molecule is CC(C)C1=C(CC(=O)N=S(N)(=O)c2cnc(C(C)(C)O)o2)C(C(C)C)CC(F)=C1. The molecule has 2 rings (SSSR count). The van der Waals surface area contributed by atoms with Gasteiger partial charge in [0.1, 0.15) is 11.4 Å². The van der Waals surface area contributed by atoms with E-state index in [2.05, 4.69) is 9.35 Å². The average molecular weight is 428 g/mol. The predicted octanol–water partition coefficient (Wildman–Crippen LogP) is 4.00. The highest BCUT2D eigenvalue weighted by atomic mass is 32.2. The van der Waals surface area contributed by atoms with E-state index in [1.807, 2.05) is 27.7 Å². The third-order valence-corrected chi connectivity index (χ3v) is 6.09. The topological polar surface area (TPSA) is 119 Å². The van der Waals surface area contributed by atoms with Gasteiger partial charge in [0.15, 0.2) is 9.92 Å². The smallest absolute Gasteiger partial charge is 0.259 e. The van der Waals surface area contributed by atoms with Gasteiger partial charge in [-0.3, -0.25) is 4.79 Å². The molecule has 2 unspecified atom stereocenters. The Bertz CT molecular complexity index is 961. The van der Waals surface area contributed by atoms with E-state index in [4.69, 9.17) is 9.56 Å². The standard InChI is InChI=1S/C20H30FN3O4S/c1-11(2)14-7-13(21)8-15(12(3)4)16(14)9-17(25)24-29(22,27)18-10-23-19(28-18)20(5,6)26/h7,10-12,15,26H,8-9H2,1-6H3,(H2,22,24,25,27). The third-order valence-electron chi connectivity index (χ3n) is 4.85. The van der Waals surface area contributed by atoms with E-state index in [9.17, 15) is 18.5 Å². The van der Waals surface area contributed by atoms with Gasteiger partial charge < -0.3 is 9.52 Å². The van der Waals surface area contributed by atoms with Crippen LogP contribution in [0.1, 0.15) is 60.3 Å². The average Bonchev–Trinajstić information content (AvgIpc) is 3.06. The van der Waals surface area contributed by atoms with E-state index < -0.39 is 21.4 Å². The summed E-state index contributed by atoms with van der Waals surface area (Å²) in [5.74, 6) is -0.951. The second-order valence-electron chi connectivity index (χ2n) is 8.56. The summed E-state index contributed by atoms with van der Waals surface area (Å²) in [5.41, 5.74) is 0.177. The molecule has 0 bridgehead atoms. The van der Waals surface area contributed by atoms with Crippen LogP contribution < -0.4 is 5.14 Å². The Balaban J connectivity index is 2.39. The maximum atomic E-state index is 14.1. The fraction of sp³-hybridized carbons (Fsp3) is 0.600. The number of amides is 1. The van der Waals surface area contributed by atoms with E-state index >= 15 is 0 Å². The second-order valence-corrected chi connectivity index (χ2v) is 10.3. The molecule has 1 aliphatic carbocycles. The largest absolute Gasteiger partial charge is 0.426 e. The lowest BCUT2D eigenvalue weighted by molar-refractivity contribution is -0.117. The first kappa shape index (κ1) is 23.4. The first-order chi connectivity index (χ1) is 13.2. The molecule has 0 saturated carbocycles. The molecule has 0 saturated heterocycles. The van der Waals surface area contributed by atoms with Crippen molar-refractivity contribution in [1.82, 2.24) is 4.98 Å². The van der Waals surface area contributed by atoms with E-state index in [1.165, 1.54) is 19.9 Å². The Hall–Kier alpha value is -1.84. The zero-order valence-electron chi connectivity index (χ0n) is 17.7. The molecule has 9 heteroatoms. The third kappa shape index (κ3) is 5.61. The Kier molecular flexibility index (Phi) is 6.86. The number of rotatable bonds is 6. The van der Waals surface area contributed by atoms with Gasteiger partial charge in [0.05, 0.1) is 12.6 Å². The number of allylic oxidation sites excluding steroid dienone is 3. The van der Waals surface area contributed by atoms with E-state index in [0.717, 1.165) is 17.3 Å². The summed E-state index contributed by atoms with van der Waals surface area (Å²) in [7, 11) is -3.66. The van der Waals surface area contributed by atoms with Crippen molar-refractivity contribution in [2.45, 2.75) is 65.1 Å². The lowest BCUT2D eigenvalue weighted by Gasteiger charge is -2.30. The van der Waals surface area contributed by atoms with Crippen molar-refractivity contribution in [2.75, 3.05) is 0 Å². The molecule has 0 spiro atoms. The molecular formula is C20H30FN3O4S. The second kappa shape index (κ2) is 8.49. The highest BCUT2D eigenvalue weighted by molar-refractivity contribution is 7.91. The Morgan fingerprint density at radius 1 is 1.45 bits per heavy atom. The summed E-state index contributed by atoms with van der Waals surface area (Å²) in [6.07, 6.45) is 2.71. The first-order valence-electron chi connectivity index (χ1n) is 9.57. The fourth-order valence-electron chi connectivity index (χ4n) is 3.35. The molecule has 1 aliphatic rings. The molecule has 1 aromatic heterocycles. The lowest BCUT2D eigenvalue weighted by Crippen LogP contribution is -2.21. The minimum Gasteiger partial charge on any atom is -0.426 e. The van der Waals surface area contributed by atoms with Gasteiger partial charge >= 0.3 is 0 Å². The molecule has 0 aromatic carbocycles. The van der Waals surface area contributed by atoms with Crippen LogP contribution in [0, 0.1) is 17.8 Å². The van der Waals surface area contributed by atoms with Crippen molar-refractivity contribution >= 4 is 15.8 Å². The summed E-state index contributed by atoms with van der Waals surface area (Å²) in [5, 5.41) is 15.4. The number of nitrogens with two attached hydrogens (primary N) is 1. The molecular weight excluding hydrogens is 397 g/mol. The van der Waals surface area contributed by atoms with Crippen LogP contribution in [-0.4, -0.2) is 20.2 Å². The lowest BCUT2D eigenvalue weighted by atomic mass is 9.75. The number of aromatic nitrogens is 1. The number of oxazole rings is 1. The summed E-state index contributed by atoms with van der Waals surface area (Å²) in [6, 6.07) is 0. The maximum Gasteiger partial charge on any atom is 0.259 e. The van der Waals surface area contributed by atoms with Crippen molar-refractivity contribution in [1.29, 1.82) is 0 Å². The van der Waals surface area contributed by atoms with E-state index in [1.54, 1.807) is 0 Å². The molecule has 0 aliphatic heterocycles. The van der Waals surface area contributed by atoms with Crippen LogP contribution in [0.15, 0.2) is 43.1 Å². The van der Waals surface area contributed by atoms with Gasteiger partial charge in [-0.2, -0.15) is 0 Å². The van der Waals surface area contributed by atoms with Gasteiger partial charge in [0, 0.05) is 6.42 Å². The summed E-state index contributed by atoms with van der Waals surface area (Å²) in [6.45, 7) is 10.7. The van der Waals surface area contributed by atoms with Gasteiger partial charge in [-0.15, -0.1) is 4.36 Å². The molecule has 0 fully saturated rings.